The molecule has 1 atom stereocenters. The number of primary sulfonamides is 1. The van der Waals surface area contributed by atoms with Crippen molar-refractivity contribution in [1.82, 2.24) is 9.80 Å². The fourth-order valence-corrected chi connectivity index (χ4v) is 5.57. The van der Waals surface area contributed by atoms with E-state index in [0.29, 0.717) is 29.0 Å². The number of nitrogens with two attached hydrogens (primary N) is 2. The average Bonchev–Trinajstić information content (AvgIpc) is 3.01. The van der Waals surface area contributed by atoms with Gasteiger partial charge in [-0.15, -0.1) is 0 Å². The number of amidine groups is 1. The first kappa shape index (κ1) is 35.2. The van der Waals surface area contributed by atoms with Gasteiger partial charge in [0.05, 0.1) is 4.90 Å². The zero-order chi connectivity index (χ0) is 33.0. The van der Waals surface area contributed by atoms with Crippen LogP contribution in [0, 0.1) is 0 Å². The molecule has 11 nitrogen and oxygen atoms in total. The molecule has 4 N–H and O–H groups in total. The van der Waals surface area contributed by atoms with Gasteiger partial charge in [-0.25, -0.2) is 23.1 Å². The van der Waals surface area contributed by atoms with Gasteiger partial charge in [0.1, 0.15) is 11.6 Å². The quantitative estimate of drug-likeness (QED) is 0.0983. The molecule has 45 heavy (non-hydrogen) atoms. The number of unbranched alkanes of at least 4 members (excludes halogenated alkanes) is 2. The van der Waals surface area contributed by atoms with Crippen LogP contribution < -0.4 is 15.6 Å². The van der Waals surface area contributed by atoms with E-state index in [2.05, 4.69) is 11.9 Å². The van der Waals surface area contributed by atoms with E-state index in [1.807, 2.05) is 24.8 Å². The molecule has 1 unspecified atom stereocenters. The first-order chi connectivity index (χ1) is 21.5. The Kier molecular flexibility index (Phi) is 13.1. The minimum atomic E-state index is -3.92. The molecular weight excluding hydrogens is 594 g/mol. The topological polar surface area (TPSA) is 158 Å². The second kappa shape index (κ2) is 16.7. The summed E-state index contributed by atoms with van der Waals surface area (Å²) in [5.74, 6) is 0.317. The summed E-state index contributed by atoms with van der Waals surface area (Å²) in [6, 6.07) is 20.1. The summed E-state index contributed by atoms with van der Waals surface area (Å²) in [5.41, 5.74) is 8.52. The highest BCUT2D eigenvalue weighted by Gasteiger charge is 2.19. The van der Waals surface area contributed by atoms with Crippen molar-refractivity contribution in [2.75, 3.05) is 19.6 Å². The maximum Gasteiger partial charge on any atom is 0.437 e. The molecule has 0 fully saturated rings. The van der Waals surface area contributed by atoms with Crippen LogP contribution in [0.25, 0.3) is 11.1 Å². The predicted molar refractivity (Wildman–Crippen MR) is 175 cm³/mol. The number of ether oxygens (including phenoxy) is 2. The van der Waals surface area contributed by atoms with Crippen molar-refractivity contribution in [3.63, 3.8) is 0 Å². The molecule has 0 aliphatic rings. The van der Waals surface area contributed by atoms with Gasteiger partial charge < -0.3 is 20.1 Å². The summed E-state index contributed by atoms with van der Waals surface area (Å²) in [7, 11) is -3.92. The predicted octanol–water partition coefficient (Wildman–Crippen LogP) is 5.72. The molecule has 0 aromatic heterocycles. The van der Waals surface area contributed by atoms with Gasteiger partial charge >= 0.3 is 12.2 Å². The Hall–Kier alpha value is -4.26. The Labute approximate surface area is 265 Å². The lowest BCUT2D eigenvalue weighted by Crippen LogP contribution is -2.36. The Balaban J connectivity index is 1.74. The third kappa shape index (κ3) is 10.4. The largest absolute Gasteiger partial charge is 0.437 e. The highest BCUT2D eigenvalue weighted by Crippen LogP contribution is 2.28. The Morgan fingerprint density at radius 1 is 0.933 bits per heavy atom. The fraction of sp³-hybridized carbons (Fsp3) is 0.364. The SMILES string of the molecule is CCCCCN(Cc1cccc(C(N)=NC(=O)OC(C)N(CC)CC)c1)C(=O)Oc1ccc(-c2ccccc2S(N)(=O)=O)cc1. The van der Waals surface area contributed by atoms with Crippen molar-refractivity contribution >= 4 is 28.0 Å². The molecule has 12 heteroatoms. The minimum Gasteiger partial charge on any atom is -0.429 e. The molecule has 0 spiro atoms. The Morgan fingerprint density at radius 2 is 1.62 bits per heavy atom. The minimum absolute atomic E-state index is 0.0100. The molecule has 2 amide bonds. The lowest BCUT2D eigenvalue weighted by Gasteiger charge is -2.24. The number of nitrogens with zero attached hydrogens (tertiary/aromatic N) is 3. The van der Waals surface area contributed by atoms with Crippen LogP contribution >= 0.6 is 0 Å². The van der Waals surface area contributed by atoms with Gasteiger partial charge in [-0.3, -0.25) is 4.90 Å². The molecule has 3 aromatic carbocycles. The number of aliphatic imine (C=N–C) groups is 1. The molecule has 0 saturated heterocycles. The van der Waals surface area contributed by atoms with E-state index < -0.39 is 28.4 Å². The fourth-order valence-electron chi connectivity index (χ4n) is 4.81. The number of amides is 2. The lowest BCUT2D eigenvalue weighted by atomic mass is 10.1. The number of hydrogen-bond donors (Lipinski definition) is 2. The zero-order valence-corrected chi connectivity index (χ0v) is 27.1. The van der Waals surface area contributed by atoms with E-state index in [-0.39, 0.29) is 17.3 Å². The molecule has 3 rings (SSSR count). The molecule has 0 aliphatic carbocycles. The van der Waals surface area contributed by atoms with Gasteiger partial charge in [0.2, 0.25) is 10.0 Å². The van der Waals surface area contributed by atoms with Gasteiger partial charge in [-0.1, -0.05) is 82.1 Å². The molecule has 0 heterocycles. The number of sulfonamides is 1. The van der Waals surface area contributed by atoms with Gasteiger partial charge in [-0.05, 0) is 61.8 Å². The van der Waals surface area contributed by atoms with Crippen LogP contribution in [-0.2, 0) is 21.3 Å². The van der Waals surface area contributed by atoms with Crippen molar-refractivity contribution in [3.8, 4) is 16.9 Å². The van der Waals surface area contributed by atoms with E-state index >= 15 is 0 Å². The van der Waals surface area contributed by atoms with E-state index in [1.54, 1.807) is 72.5 Å². The second-order valence-corrected chi connectivity index (χ2v) is 12.0. The third-order valence-electron chi connectivity index (χ3n) is 7.26. The number of hydrogen-bond acceptors (Lipinski definition) is 7. The molecular formula is C33H43N5O6S. The van der Waals surface area contributed by atoms with Crippen LogP contribution in [0.4, 0.5) is 9.59 Å². The summed E-state index contributed by atoms with van der Waals surface area (Å²) in [4.78, 5) is 33.2. The number of carbonyl (C=O) groups excluding carboxylic acids is 2. The summed E-state index contributed by atoms with van der Waals surface area (Å²) in [6.07, 6.45) is 0.957. The van der Waals surface area contributed by atoms with Crippen molar-refractivity contribution in [2.24, 2.45) is 15.9 Å². The smallest absolute Gasteiger partial charge is 0.429 e. The Morgan fingerprint density at radius 3 is 2.27 bits per heavy atom. The second-order valence-electron chi connectivity index (χ2n) is 10.5. The first-order valence-corrected chi connectivity index (χ1v) is 16.6. The number of carbonyl (C=O) groups is 2. The van der Waals surface area contributed by atoms with Gasteiger partial charge in [0.25, 0.3) is 0 Å². The molecule has 242 valence electrons. The van der Waals surface area contributed by atoms with Crippen LogP contribution in [0.5, 0.6) is 5.75 Å². The van der Waals surface area contributed by atoms with E-state index in [1.165, 1.54) is 6.07 Å². The van der Waals surface area contributed by atoms with Crippen molar-refractivity contribution in [2.45, 2.75) is 64.6 Å². The summed E-state index contributed by atoms with van der Waals surface area (Å²) in [5, 5.41) is 5.38. The molecule has 0 aliphatic heterocycles. The third-order valence-corrected chi connectivity index (χ3v) is 8.23. The van der Waals surface area contributed by atoms with Crippen molar-refractivity contribution < 1.29 is 27.5 Å². The molecule has 3 aromatic rings. The van der Waals surface area contributed by atoms with Crippen LogP contribution in [0.2, 0.25) is 0 Å². The number of benzene rings is 3. The lowest BCUT2D eigenvalue weighted by molar-refractivity contribution is 0.00940. The monoisotopic (exact) mass is 637 g/mol. The average molecular weight is 638 g/mol. The van der Waals surface area contributed by atoms with Crippen molar-refractivity contribution in [3.05, 3.63) is 83.9 Å². The Bertz CT molecular complexity index is 1570. The maximum atomic E-state index is 13.3. The zero-order valence-electron chi connectivity index (χ0n) is 26.3. The van der Waals surface area contributed by atoms with Crippen LogP contribution in [0.15, 0.2) is 82.7 Å². The molecule has 0 radical (unpaired) electrons. The van der Waals surface area contributed by atoms with Crippen LogP contribution in [-0.4, -0.2) is 62.1 Å². The maximum absolute atomic E-state index is 13.3. The highest BCUT2D eigenvalue weighted by molar-refractivity contribution is 7.89. The molecule has 0 saturated carbocycles. The van der Waals surface area contributed by atoms with E-state index in [0.717, 1.165) is 37.9 Å². The number of rotatable bonds is 14. The molecule has 0 bridgehead atoms. The van der Waals surface area contributed by atoms with Gasteiger partial charge in [-0.2, -0.15) is 4.99 Å². The van der Waals surface area contributed by atoms with Crippen LogP contribution in [0.1, 0.15) is 58.1 Å². The first-order valence-electron chi connectivity index (χ1n) is 15.0. The summed E-state index contributed by atoms with van der Waals surface area (Å²) < 4.78 is 35.2. The standard InChI is InChI=1S/C33H43N5O6S/c1-5-8-11-21-38(23-25-13-12-14-27(22-25)31(34)36-32(39)43-24(4)37(6-2)7-3)33(40)44-28-19-17-26(18-20-28)29-15-9-10-16-30(29)45(35,41)42/h9-10,12-20,22,24H,5-8,11,21,23H2,1-4H3,(H2,34,36,39)(H2,35,41,42). The van der Waals surface area contributed by atoms with Crippen molar-refractivity contribution in [1.29, 1.82) is 0 Å². The van der Waals surface area contributed by atoms with Crippen LogP contribution in [0.3, 0.4) is 0 Å². The van der Waals surface area contributed by atoms with Gasteiger partial charge in [0, 0.05) is 24.2 Å². The van der Waals surface area contributed by atoms with Gasteiger partial charge in [0.15, 0.2) is 6.23 Å². The summed E-state index contributed by atoms with van der Waals surface area (Å²) in [6.45, 7) is 9.99. The normalized spacial score (nSPS) is 12.5. The summed E-state index contributed by atoms with van der Waals surface area (Å²) >= 11 is 0. The van der Waals surface area contributed by atoms with E-state index in [9.17, 15) is 18.0 Å². The van der Waals surface area contributed by atoms with E-state index in [4.69, 9.17) is 20.3 Å². The highest BCUT2D eigenvalue weighted by atomic mass is 32.2.